The fourth-order valence-corrected chi connectivity index (χ4v) is 2.31. The SMILES string of the molecule is Brc1cc2c(cc1Cn1ccnn1)CCO2. The Balaban J connectivity index is 1.95. The van der Waals surface area contributed by atoms with Gasteiger partial charge in [-0.05, 0) is 23.3 Å². The molecule has 0 fully saturated rings. The van der Waals surface area contributed by atoms with E-state index in [-0.39, 0.29) is 0 Å². The third-order valence-electron chi connectivity index (χ3n) is 2.66. The van der Waals surface area contributed by atoms with Crippen LogP contribution in [-0.4, -0.2) is 21.6 Å². The predicted octanol–water partition coefficient (Wildman–Crippen LogP) is 2.02. The van der Waals surface area contributed by atoms with Crippen LogP contribution in [0.1, 0.15) is 11.1 Å². The summed E-state index contributed by atoms with van der Waals surface area (Å²) in [5.41, 5.74) is 2.48. The van der Waals surface area contributed by atoms with Gasteiger partial charge < -0.3 is 4.74 Å². The monoisotopic (exact) mass is 279 g/mol. The highest BCUT2D eigenvalue weighted by Gasteiger charge is 2.15. The fraction of sp³-hybridized carbons (Fsp3) is 0.273. The standard InChI is InChI=1S/C11H10BrN3O/c12-10-6-11-8(1-4-16-11)5-9(10)7-15-3-2-13-14-15/h2-3,5-6H,1,4,7H2. The zero-order chi connectivity index (χ0) is 11.0. The van der Waals surface area contributed by atoms with E-state index in [2.05, 4.69) is 32.3 Å². The maximum atomic E-state index is 5.50. The fourth-order valence-electron chi connectivity index (χ4n) is 1.86. The van der Waals surface area contributed by atoms with Gasteiger partial charge >= 0.3 is 0 Å². The summed E-state index contributed by atoms with van der Waals surface area (Å²) in [6.07, 6.45) is 4.54. The molecule has 1 aromatic carbocycles. The molecule has 0 saturated heterocycles. The second-order valence-corrected chi connectivity index (χ2v) is 4.60. The first-order valence-electron chi connectivity index (χ1n) is 5.11. The molecule has 0 N–H and O–H groups in total. The maximum absolute atomic E-state index is 5.50. The highest BCUT2D eigenvalue weighted by molar-refractivity contribution is 9.10. The van der Waals surface area contributed by atoms with Gasteiger partial charge in [0.1, 0.15) is 5.75 Å². The molecule has 1 aliphatic heterocycles. The Hall–Kier alpha value is -1.36. The van der Waals surface area contributed by atoms with Gasteiger partial charge in [0.2, 0.25) is 0 Å². The van der Waals surface area contributed by atoms with Crippen LogP contribution in [0.2, 0.25) is 0 Å². The van der Waals surface area contributed by atoms with Crippen molar-refractivity contribution in [1.82, 2.24) is 15.0 Å². The third-order valence-corrected chi connectivity index (χ3v) is 3.40. The van der Waals surface area contributed by atoms with Crippen LogP contribution >= 0.6 is 15.9 Å². The van der Waals surface area contributed by atoms with Gasteiger partial charge in [-0.1, -0.05) is 21.1 Å². The normalized spacial score (nSPS) is 13.6. The predicted molar refractivity (Wildman–Crippen MR) is 62.5 cm³/mol. The van der Waals surface area contributed by atoms with Crippen molar-refractivity contribution in [2.24, 2.45) is 0 Å². The molecular weight excluding hydrogens is 270 g/mol. The zero-order valence-electron chi connectivity index (χ0n) is 8.56. The lowest BCUT2D eigenvalue weighted by atomic mass is 10.1. The zero-order valence-corrected chi connectivity index (χ0v) is 10.1. The number of benzene rings is 1. The van der Waals surface area contributed by atoms with Crippen LogP contribution < -0.4 is 4.74 Å². The van der Waals surface area contributed by atoms with E-state index in [4.69, 9.17) is 4.74 Å². The summed E-state index contributed by atoms with van der Waals surface area (Å²) in [4.78, 5) is 0. The molecule has 82 valence electrons. The first kappa shape index (κ1) is 9.84. The molecule has 0 saturated carbocycles. The lowest BCUT2D eigenvalue weighted by Crippen LogP contribution is -2.01. The van der Waals surface area contributed by atoms with E-state index in [1.165, 1.54) is 11.1 Å². The largest absolute Gasteiger partial charge is 0.493 e. The molecule has 0 amide bonds. The molecular formula is C11H10BrN3O. The van der Waals surface area contributed by atoms with Gasteiger partial charge in [0.15, 0.2) is 0 Å². The van der Waals surface area contributed by atoms with Crippen molar-refractivity contribution in [2.75, 3.05) is 6.61 Å². The minimum Gasteiger partial charge on any atom is -0.493 e. The molecule has 0 bridgehead atoms. The number of hydrogen-bond donors (Lipinski definition) is 0. The van der Waals surface area contributed by atoms with Crippen molar-refractivity contribution in [3.8, 4) is 5.75 Å². The molecule has 4 nitrogen and oxygen atoms in total. The molecule has 0 spiro atoms. The number of halogens is 1. The van der Waals surface area contributed by atoms with E-state index in [9.17, 15) is 0 Å². The molecule has 16 heavy (non-hydrogen) atoms. The summed E-state index contributed by atoms with van der Waals surface area (Å²) in [5, 5.41) is 7.75. The average molecular weight is 280 g/mol. The average Bonchev–Trinajstić information content (AvgIpc) is 2.89. The highest BCUT2D eigenvalue weighted by Crippen LogP contribution is 2.31. The number of aromatic nitrogens is 3. The Morgan fingerprint density at radius 1 is 1.44 bits per heavy atom. The topological polar surface area (TPSA) is 39.9 Å². The molecule has 0 radical (unpaired) electrons. The van der Waals surface area contributed by atoms with Crippen molar-refractivity contribution in [3.63, 3.8) is 0 Å². The molecule has 0 aliphatic carbocycles. The van der Waals surface area contributed by atoms with Crippen LogP contribution in [0, 0.1) is 0 Å². The maximum Gasteiger partial charge on any atom is 0.123 e. The van der Waals surface area contributed by atoms with Crippen LogP contribution in [0.5, 0.6) is 5.75 Å². The smallest absolute Gasteiger partial charge is 0.123 e. The minimum atomic E-state index is 0.730. The Kier molecular flexibility index (Phi) is 2.40. The van der Waals surface area contributed by atoms with E-state index in [1.54, 1.807) is 6.20 Å². The van der Waals surface area contributed by atoms with Gasteiger partial charge in [-0.25, -0.2) is 4.68 Å². The molecule has 0 unspecified atom stereocenters. The second kappa shape index (κ2) is 3.90. The Morgan fingerprint density at radius 3 is 3.19 bits per heavy atom. The summed E-state index contributed by atoms with van der Waals surface area (Å²) in [6, 6.07) is 4.21. The van der Waals surface area contributed by atoms with Crippen molar-refractivity contribution in [3.05, 3.63) is 40.1 Å². The number of fused-ring (bicyclic) bond motifs is 1. The van der Waals surface area contributed by atoms with Crippen molar-refractivity contribution >= 4 is 15.9 Å². The van der Waals surface area contributed by atoms with Crippen molar-refractivity contribution in [1.29, 1.82) is 0 Å². The summed E-state index contributed by atoms with van der Waals surface area (Å²) < 4.78 is 8.37. The van der Waals surface area contributed by atoms with Gasteiger partial charge in [-0.15, -0.1) is 5.10 Å². The number of nitrogens with zero attached hydrogens (tertiary/aromatic N) is 3. The Morgan fingerprint density at radius 2 is 2.38 bits per heavy atom. The van der Waals surface area contributed by atoms with Crippen LogP contribution in [-0.2, 0) is 13.0 Å². The number of ether oxygens (including phenoxy) is 1. The first-order valence-corrected chi connectivity index (χ1v) is 5.90. The van der Waals surface area contributed by atoms with Gasteiger partial charge in [0.25, 0.3) is 0 Å². The lowest BCUT2D eigenvalue weighted by Gasteiger charge is -2.07. The third kappa shape index (κ3) is 1.71. The minimum absolute atomic E-state index is 0.730. The molecule has 1 aromatic heterocycles. The second-order valence-electron chi connectivity index (χ2n) is 3.75. The highest BCUT2D eigenvalue weighted by atomic mass is 79.9. The van der Waals surface area contributed by atoms with E-state index >= 15 is 0 Å². The Bertz CT molecular complexity index is 510. The lowest BCUT2D eigenvalue weighted by molar-refractivity contribution is 0.356. The van der Waals surface area contributed by atoms with Crippen molar-refractivity contribution in [2.45, 2.75) is 13.0 Å². The number of rotatable bonds is 2. The van der Waals surface area contributed by atoms with Crippen molar-refractivity contribution < 1.29 is 4.74 Å². The molecule has 2 heterocycles. The van der Waals surface area contributed by atoms with Crippen LogP contribution in [0.3, 0.4) is 0 Å². The Labute approximate surface area is 101 Å². The molecule has 3 rings (SSSR count). The van der Waals surface area contributed by atoms with Gasteiger partial charge in [-0.2, -0.15) is 0 Å². The van der Waals surface area contributed by atoms with E-state index in [0.717, 1.165) is 29.8 Å². The number of hydrogen-bond acceptors (Lipinski definition) is 3. The molecule has 1 aliphatic rings. The summed E-state index contributed by atoms with van der Waals surface area (Å²) in [5.74, 6) is 0.995. The van der Waals surface area contributed by atoms with E-state index in [0.29, 0.717) is 0 Å². The van der Waals surface area contributed by atoms with Gasteiger partial charge in [0, 0.05) is 17.1 Å². The van der Waals surface area contributed by atoms with Crippen LogP contribution in [0.15, 0.2) is 29.0 Å². The van der Waals surface area contributed by atoms with E-state index in [1.807, 2.05) is 16.9 Å². The molecule has 0 atom stereocenters. The molecule has 5 heteroatoms. The first-order chi connectivity index (χ1) is 7.83. The molecule has 2 aromatic rings. The van der Waals surface area contributed by atoms with E-state index < -0.39 is 0 Å². The summed E-state index contributed by atoms with van der Waals surface area (Å²) >= 11 is 3.55. The van der Waals surface area contributed by atoms with Crippen LogP contribution in [0.25, 0.3) is 0 Å². The summed E-state index contributed by atoms with van der Waals surface area (Å²) in [7, 11) is 0. The van der Waals surface area contributed by atoms with Crippen LogP contribution in [0.4, 0.5) is 0 Å². The summed E-state index contributed by atoms with van der Waals surface area (Å²) in [6.45, 7) is 1.52. The van der Waals surface area contributed by atoms with Gasteiger partial charge in [0.05, 0.1) is 19.3 Å². The quantitative estimate of drug-likeness (QED) is 0.845. The van der Waals surface area contributed by atoms with Gasteiger partial charge in [-0.3, -0.25) is 0 Å².